The highest BCUT2D eigenvalue weighted by molar-refractivity contribution is 5.36. The average molecular weight is 226 g/mol. The summed E-state index contributed by atoms with van der Waals surface area (Å²) in [5, 5.41) is 0. The molecule has 2 rings (SSSR count). The van der Waals surface area contributed by atoms with E-state index in [-0.39, 0.29) is 11.8 Å². The SMILES string of the molecule is CC1=C(F)C(F)=C(C)C2CCCCCCC12. The van der Waals surface area contributed by atoms with Crippen LogP contribution >= 0.6 is 0 Å². The third kappa shape index (κ3) is 1.94. The van der Waals surface area contributed by atoms with E-state index >= 15 is 0 Å². The van der Waals surface area contributed by atoms with E-state index in [1.54, 1.807) is 13.8 Å². The Labute approximate surface area is 96.4 Å². The van der Waals surface area contributed by atoms with E-state index in [0.29, 0.717) is 11.1 Å². The number of fused-ring (bicyclic) bond motifs is 1. The van der Waals surface area contributed by atoms with Crippen LogP contribution in [0.1, 0.15) is 52.4 Å². The van der Waals surface area contributed by atoms with Crippen LogP contribution in [-0.2, 0) is 0 Å². The maximum atomic E-state index is 13.7. The van der Waals surface area contributed by atoms with E-state index in [2.05, 4.69) is 0 Å². The van der Waals surface area contributed by atoms with Gasteiger partial charge in [0.1, 0.15) is 0 Å². The smallest absolute Gasteiger partial charge is 0.157 e. The van der Waals surface area contributed by atoms with E-state index in [1.165, 1.54) is 12.8 Å². The summed E-state index contributed by atoms with van der Waals surface area (Å²) in [4.78, 5) is 0. The van der Waals surface area contributed by atoms with Gasteiger partial charge in [0.25, 0.3) is 0 Å². The van der Waals surface area contributed by atoms with E-state index in [4.69, 9.17) is 0 Å². The normalized spacial score (nSPS) is 32.2. The van der Waals surface area contributed by atoms with E-state index < -0.39 is 11.7 Å². The van der Waals surface area contributed by atoms with Crippen molar-refractivity contribution >= 4 is 0 Å². The second-order valence-corrected chi connectivity index (χ2v) is 5.20. The summed E-state index contributed by atoms with van der Waals surface area (Å²) in [5.41, 5.74) is 1.30. The Morgan fingerprint density at radius 1 is 0.750 bits per heavy atom. The van der Waals surface area contributed by atoms with Crippen molar-refractivity contribution in [1.29, 1.82) is 0 Å². The lowest BCUT2D eigenvalue weighted by molar-refractivity contribution is 0.305. The first-order valence-corrected chi connectivity index (χ1v) is 6.36. The van der Waals surface area contributed by atoms with Gasteiger partial charge in [-0.15, -0.1) is 0 Å². The Morgan fingerprint density at radius 2 is 1.12 bits per heavy atom. The van der Waals surface area contributed by atoms with Crippen molar-refractivity contribution in [2.24, 2.45) is 11.8 Å². The molecule has 2 aliphatic carbocycles. The molecule has 1 fully saturated rings. The second-order valence-electron chi connectivity index (χ2n) is 5.20. The van der Waals surface area contributed by atoms with Crippen molar-refractivity contribution in [2.75, 3.05) is 0 Å². The van der Waals surface area contributed by atoms with Gasteiger partial charge in [0.15, 0.2) is 11.7 Å². The van der Waals surface area contributed by atoms with Crippen molar-refractivity contribution in [1.82, 2.24) is 0 Å². The molecule has 2 atom stereocenters. The molecule has 0 aliphatic heterocycles. The Hall–Kier alpha value is -0.660. The molecular weight excluding hydrogens is 206 g/mol. The Balaban J connectivity index is 2.32. The minimum Gasteiger partial charge on any atom is -0.204 e. The van der Waals surface area contributed by atoms with Crippen molar-refractivity contribution in [3.8, 4) is 0 Å². The highest BCUT2D eigenvalue weighted by Gasteiger charge is 2.34. The molecule has 0 nitrogen and oxygen atoms in total. The van der Waals surface area contributed by atoms with Crippen LogP contribution in [0.15, 0.2) is 22.8 Å². The Bertz CT molecular complexity index is 305. The Kier molecular flexibility index (Phi) is 3.46. The largest absolute Gasteiger partial charge is 0.204 e. The summed E-state index contributed by atoms with van der Waals surface area (Å²) in [5.74, 6) is -0.668. The highest BCUT2D eigenvalue weighted by Crippen LogP contribution is 2.45. The molecule has 0 saturated heterocycles. The maximum Gasteiger partial charge on any atom is 0.157 e. The fourth-order valence-corrected chi connectivity index (χ4v) is 3.19. The van der Waals surface area contributed by atoms with Crippen molar-refractivity contribution in [3.05, 3.63) is 22.8 Å². The molecule has 2 heteroatoms. The zero-order valence-corrected chi connectivity index (χ0v) is 10.2. The molecule has 0 heterocycles. The molecule has 0 aromatic heterocycles. The fraction of sp³-hybridized carbons (Fsp3) is 0.714. The predicted molar refractivity (Wildman–Crippen MR) is 62.3 cm³/mol. The van der Waals surface area contributed by atoms with Gasteiger partial charge in [-0.3, -0.25) is 0 Å². The van der Waals surface area contributed by atoms with Crippen molar-refractivity contribution in [2.45, 2.75) is 52.4 Å². The molecule has 0 N–H and O–H groups in total. The predicted octanol–water partition coefficient (Wildman–Crippen LogP) is 5.07. The third-order valence-corrected chi connectivity index (χ3v) is 4.26. The van der Waals surface area contributed by atoms with Gasteiger partial charge >= 0.3 is 0 Å². The minimum atomic E-state index is -0.584. The van der Waals surface area contributed by atoms with Crippen LogP contribution in [0, 0.1) is 11.8 Å². The molecule has 0 bridgehead atoms. The molecule has 0 amide bonds. The van der Waals surface area contributed by atoms with Gasteiger partial charge in [0.2, 0.25) is 0 Å². The summed E-state index contributed by atoms with van der Waals surface area (Å²) in [6.45, 7) is 3.53. The first kappa shape index (κ1) is 11.8. The first-order chi connectivity index (χ1) is 7.63. The number of hydrogen-bond donors (Lipinski definition) is 0. The summed E-state index contributed by atoms with van der Waals surface area (Å²) in [7, 11) is 0. The van der Waals surface area contributed by atoms with Crippen LogP contribution in [-0.4, -0.2) is 0 Å². The van der Waals surface area contributed by atoms with Crippen LogP contribution in [0.5, 0.6) is 0 Å². The monoisotopic (exact) mass is 226 g/mol. The lowest BCUT2D eigenvalue weighted by atomic mass is 9.71. The lowest BCUT2D eigenvalue weighted by Gasteiger charge is -2.34. The number of rotatable bonds is 0. The van der Waals surface area contributed by atoms with Crippen LogP contribution in [0.4, 0.5) is 8.78 Å². The highest BCUT2D eigenvalue weighted by atomic mass is 19.2. The van der Waals surface area contributed by atoms with Gasteiger partial charge in [-0.1, -0.05) is 25.7 Å². The average Bonchev–Trinajstić information content (AvgIpc) is 2.24. The van der Waals surface area contributed by atoms with Gasteiger partial charge in [-0.25, -0.2) is 8.78 Å². The first-order valence-electron chi connectivity index (χ1n) is 6.36. The van der Waals surface area contributed by atoms with Gasteiger partial charge in [0.05, 0.1) is 0 Å². The molecule has 90 valence electrons. The van der Waals surface area contributed by atoms with E-state index in [1.807, 2.05) is 0 Å². The van der Waals surface area contributed by atoms with Gasteiger partial charge in [0, 0.05) is 0 Å². The maximum absolute atomic E-state index is 13.7. The quantitative estimate of drug-likeness (QED) is 0.540. The zero-order valence-electron chi connectivity index (χ0n) is 10.2. The van der Waals surface area contributed by atoms with Crippen LogP contribution < -0.4 is 0 Å². The van der Waals surface area contributed by atoms with E-state index in [0.717, 1.165) is 25.7 Å². The standard InChI is InChI=1S/C14H20F2/c1-9-11-7-5-3-4-6-8-12(11)10(2)14(16)13(9)15/h11-12H,3-8H2,1-2H3. The number of allylic oxidation sites excluding steroid dienone is 4. The van der Waals surface area contributed by atoms with E-state index in [9.17, 15) is 8.78 Å². The molecule has 0 aromatic rings. The zero-order chi connectivity index (χ0) is 11.7. The summed E-state index contributed by atoms with van der Waals surface area (Å²) in [6, 6.07) is 0. The Morgan fingerprint density at radius 3 is 1.50 bits per heavy atom. The van der Waals surface area contributed by atoms with Gasteiger partial charge in [-0.05, 0) is 49.7 Å². The van der Waals surface area contributed by atoms with Crippen LogP contribution in [0.25, 0.3) is 0 Å². The third-order valence-electron chi connectivity index (χ3n) is 4.26. The van der Waals surface area contributed by atoms with Crippen molar-refractivity contribution < 1.29 is 8.78 Å². The second kappa shape index (κ2) is 4.68. The molecule has 1 saturated carbocycles. The molecule has 0 spiro atoms. The summed E-state index contributed by atoms with van der Waals surface area (Å²) in [6.07, 6.45) is 6.83. The topological polar surface area (TPSA) is 0 Å². The van der Waals surface area contributed by atoms with Gasteiger partial charge in [-0.2, -0.15) is 0 Å². The van der Waals surface area contributed by atoms with Crippen molar-refractivity contribution in [3.63, 3.8) is 0 Å². The number of hydrogen-bond acceptors (Lipinski definition) is 0. The lowest BCUT2D eigenvalue weighted by Crippen LogP contribution is -2.24. The molecule has 0 aromatic carbocycles. The van der Waals surface area contributed by atoms with Crippen LogP contribution in [0.2, 0.25) is 0 Å². The molecule has 0 radical (unpaired) electrons. The fourth-order valence-electron chi connectivity index (χ4n) is 3.19. The molecular formula is C14H20F2. The molecule has 2 unspecified atom stereocenters. The molecule has 16 heavy (non-hydrogen) atoms. The summed E-state index contributed by atoms with van der Waals surface area (Å²) < 4.78 is 27.3. The number of halogens is 2. The minimum absolute atomic E-state index is 0.250. The van der Waals surface area contributed by atoms with Gasteiger partial charge < -0.3 is 0 Å². The summed E-state index contributed by atoms with van der Waals surface area (Å²) >= 11 is 0. The molecule has 2 aliphatic rings. The van der Waals surface area contributed by atoms with Crippen LogP contribution in [0.3, 0.4) is 0 Å².